The number of rotatable bonds is 9. The molecule has 2 atom stereocenters. The van der Waals surface area contributed by atoms with Gasteiger partial charge >= 0.3 is 0 Å². The lowest BCUT2D eigenvalue weighted by molar-refractivity contribution is 0.0907. The van der Waals surface area contributed by atoms with Crippen LogP contribution in [0.15, 0.2) is 59.4 Å². The summed E-state index contributed by atoms with van der Waals surface area (Å²) in [7, 11) is 1.61. The number of benzene rings is 2. The maximum atomic E-state index is 13.5. The quantitative estimate of drug-likeness (QED) is 0.397. The van der Waals surface area contributed by atoms with E-state index in [9.17, 15) is 4.79 Å². The van der Waals surface area contributed by atoms with Gasteiger partial charge in [0.15, 0.2) is 5.82 Å². The van der Waals surface area contributed by atoms with Crippen molar-refractivity contribution in [2.75, 3.05) is 20.3 Å². The first-order valence-electron chi connectivity index (χ1n) is 12.0. The molecule has 5 rings (SSSR count). The van der Waals surface area contributed by atoms with Gasteiger partial charge in [-0.3, -0.25) is 9.69 Å². The Balaban J connectivity index is 1.61. The highest BCUT2D eigenvalue weighted by Gasteiger charge is 2.31. The lowest BCUT2D eigenvalue weighted by atomic mass is 10.0. The zero-order valence-corrected chi connectivity index (χ0v) is 20.1. The SMILES string of the molecule is CCN(Cc1ccccc1)[C@@H](c1cc2ccc(OC)cc2[nH]c1=O)c1nnnn1C[C@H]1CCCO1. The van der Waals surface area contributed by atoms with Gasteiger partial charge in [0.2, 0.25) is 0 Å². The molecule has 9 nitrogen and oxygen atoms in total. The highest BCUT2D eigenvalue weighted by Crippen LogP contribution is 2.29. The minimum atomic E-state index is -0.438. The highest BCUT2D eigenvalue weighted by molar-refractivity contribution is 5.80. The summed E-state index contributed by atoms with van der Waals surface area (Å²) < 4.78 is 13.0. The van der Waals surface area contributed by atoms with Crippen LogP contribution in [0.3, 0.4) is 0 Å². The molecular weight excluding hydrogens is 444 g/mol. The van der Waals surface area contributed by atoms with Crippen LogP contribution < -0.4 is 10.3 Å². The predicted octanol–water partition coefficient (Wildman–Crippen LogP) is 3.31. The molecule has 1 N–H and O–H groups in total. The molecule has 0 amide bonds. The normalized spacial score (nSPS) is 16.7. The number of aromatic amines is 1. The molecule has 1 fully saturated rings. The first-order valence-corrected chi connectivity index (χ1v) is 12.0. The zero-order chi connectivity index (χ0) is 24.2. The number of tetrazole rings is 1. The number of ether oxygens (including phenoxy) is 2. The minimum absolute atomic E-state index is 0.0736. The monoisotopic (exact) mass is 474 g/mol. The lowest BCUT2D eigenvalue weighted by Crippen LogP contribution is -2.35. The zero-order valence-electron chi connectivity index (χ0n) is 20.1. The number of nitrogens with zero attached hydrogens (tertiary/aromatic N) is 5. The van der Waals surface area contributed by atoms with Gasteiger partial charge in [0.1, 0.15) is 11.8 Å². The molecule has 2 aromatic heterocycles. The summed E-state index contributed by atoms with van der Waals surface area (Å²) in [6.45, 7) is 4.75. The van der Waals surface area contributed by atoms with E-state index < -0.39 is 6.04 Å². The van der Waals surface area contributed by atoms with Gasteiger partial charge in [-0.1, -0.05) is 37.3 Å². The summed E-state index contributed by atoms with van der Waals surface area (Å²) in [6, 6.07) is 17.4. The van der Waals surface area contributed by atoms with Gasteiger partial charge < -0.3 is 14.5 Å². The van der Waals surface area contributed by atoms with Crippen molar-refractivity contribution in [2.24, 2.45) is 0 Å². The molecule has 0 radical (unpaired) electrons. The Bertz CT molecular complexity index is 1330. The molecule has 182 valence electrons. The van der Waals surface area contributed by atoms with E-state index in [2.05, 4.69) is 44.5 Å². The molecule has 35 heavy (non-hydrogen) atoms. The Morgan fingerprint density at radius 3 is 2.83 bits per heavy atom. The summed E-state index contributed by atoms with van der Waals surface area (Å²) >= 11 is 0. The molecule has 0 bridgehead atoms. The molecule has 4 aromatic rings. The third-order valence-electron chi connectivity index (χ3n) is 6.58. The molecule has 0 aliphatic carbocycles. The molecule has 0 spiro atoms. The fourth-order valence-electron chi connectivity index (χ4n) is 4.75. The molecule has 1 aliphatic heterocycles. The van der Waals surface area contributed by atoms with Gasteiger partial charge in [0, 0.05) is 24.8 Å². The van der Waals surface area contributed by atoms with Crippen LogP contribution in [-0.2, 0) is 17.8 Å². The summed E-state index contributed by atoms with van der Waals surface area (Å²) in [5.41, 5.74) is 2.30. The maximum Gasteiger partial charge on any atom is 0.253 e. The molecule has 1 saturated heterocycles. The average Bonchev–Trinajstić information content (AvgIpc) is 3.57. The van der Waals surface area contributed by atoms with Gasteiger partial charge in [0.25, 0.3) is 5.56 Å². The largest absolute Gasteiger partial charge is 0.497 e. The minimum Gasteiger partial charge on any atom is -0.497 e. The molecule has 0 saturated carbocycles. The van der Waals surface area contributed by atoms with Crippen LogP contribution in [0.25, 0.3) is 10.9 Å². The van der Waals surface area contributed by atoms with Gasteiger partial charge in [-0.2, -0.15) is 0 Å². The van der Waals surface area contributed by atoms with Crippen LogP contribution in [-0.4, -0.2) is 56.5 Å². The molecule has 3 heterocycles. The van der Waals surface area contributed by atoms with Crippen molar-refractivity contribution in [1.82, 2.24) is 30.1 Å². The van der Waals surface area contributed by atoms with Crippen molar-refractivity contribution in [1.29, 1.82) is 0 Å². The van der Waals surface area contributed by atoms with Crippen LogP contribution in [0.2, 0.25) is 0 Å². The van der Waals surface area contributed by atoms with Crippen molar-refractivity contribution < 1.29 is 9.47 Å². The number of pyridine rings is 1. The van der Waals surface area contributed by atoms with Crippen LogP contribution in [0, 0.1) is 0 Å². The van der Waals surface area contributed by atoms with E-state index in [1.54, 1.807) is 11.8 Å². The smallest absolute Gasteiger partial charge is 0.253 e. The Morgan fingerprint density at radius 2 is 2.09 bits per heavy atom. The van der Waals surface area contributed by atoms with Crippen molar-refractivity contribution in [3.05, 3.63) is 81.9 Å². The van der Waals surface area contributed by atoms with Crippen LogP contribution >= 0.6 is 0 Å². The van der Waals surface area contributed by atoms with Crippen LogP contribution in [0.5, 0.6) is 5.75 Å². The topological polar surface area (TPSA) is 98.2 Å². The maximum absolute atomic E-state index is 13.5. The summed E-state index contributed by atoms with van der Waals surface area (Å²) in [5.74, 6) is 1.33. The number of nitrogens with one attached hydrogen (secondary N) is 1. The second-order valence-corrected chi connectivity index (χ2v) is 8.81. The number of fused-ring (bicyclic) bond motifs is 1. The number of hydrogen-bond acceptors (Lipinski definition) is 7. The third kappa shape index (κ3) is 4.96. The first-order chi connectivity index (χ1) is 17.2. The summed E-state index contributed by atoms with van der Waals surface area (Å²) in [5, 5.41) is 13.6. The predicted molar refractivity (Wildman–Crippen MR) is 132 cm³/mol. The lowest BCUT2D eigenvalue weighted by Gasteiger charge is -2.30. The fraction of sp³-hybridized carbons (Fsp3) is 0.385. The number of hydrogen-bond donors (Lipinski definition) is 1. The standard InChI is InChI=1S/C26H30N6O3/c1-3-31(16-18-8-5-4-6-9-18)24(25-28-29-30-32(25)17-21-10-7-13-35-21)22-14-19-11-12-20(34-2)15-23(19)27-26(22)33/h4-6,8-9,11-12,14-15,21,24H,3,7,10,13,16-17H2,1-2H3,(H,27,33)/t21-,24+/m1/s1. The second kappa shape index (κ2) is 10.4. The van der Waals surface area contributed by atoms with E-state index in [1.165, 1.54) is 0 Å². The van der Waals surface area contributed by atoms with E-state index in [1.807, 2.05) is 42.5 Å². The Morgan fingerprint density at radius 1 is 1.23 bits per heavy atom. The third-order valence-corrected chi connectivity index (χ3v) is 6.58. The van der Waals surface area contributed by atoms with E-state index in [0.717, 1.165) is 35.9 Å². The van der Waals surface area contributed by atoms with Gasteiger partial charge in [0.05, 0.1) is 25.3 Å². The molecule has 1 aliphatic rings. The Labute approximate surface area is 203 Å². The summed E-state index contributed by atoms with van der Waals surface area (Å²) in [6.07, 6.45) is 2.09. The van der Waals surface area contributed by atoms with Crippen LogP contribution in [0.1, 0.15) is 42.8 Å². The average molecular weight is 475 g/mol. The molecular formula is C26H30N6O3. The van der Waals surface area contributed by atoms with Crippen molar-refractivity contribution in [3.63, 3.8) is 0 Å². The van der Waals surface area contributed by atoms with E-state index in [4.69, 9.17) is 9.47 Å². The Hall–Kier alpha value is -3.56. The van der Waals surface area contributed by atoms with Gasteiger partial charge in [-0.15, -0.1) is 5.10 Å². The second-order valence-electron chi connectivity index (χ2n) is 8.81. The number of methoxy groups -OCH3 is 1. The highest BCUT2D eigenvalue weighted by atomic mass is 16.5. The number of H-pyrrole nitrogens is 1. The van der Waals surface area contributed by atoms with E-state index >= 15 is 0 Å². The summed E-state index contributed by atoms with van der Waals surface area (Å²) in [4.78, 5) is 18.7. The van der Waals surface area contributed by atoms with Gasteiger partial charge in [-0.25, -0.2) is 4.68 Å². The van der Waals surface area contributed by atoms with E-state index in [-0.39, 0.29) is 11.7 Å². The molecule has 9 heteroatoms. The molecule has 2 aromatic carbocycles. The van der Waals surface area contributed by atoms with E-state index in [0.29, 0.717) is 36.8 Å². The Kier molecular flexibility index (Phi) is 6.87. The van der Waals surface area contributed by atoms with Gasteiger partial charge in [-0.05, 0) is 59.0 Å². The van der Waals surface area contributed by atoms with Crippen molar-refractivity contribution >= 4 is 10.9 Å². The van der Waals surface area contributed by atoms with Crippen molar-refractivity contribution in [2.45, 2.75) is 45.0 Å². The van der Waals surface area contributed by atoms with Crippen LogP contribution in [0.4, 0.5) is 0 Å². The molecule has 0 unspecified atom stereocenters. The first kappa shape index (κ1) is 23.2. The van der Waals surface area contributed by atoms with Crippen molar-refractivity contribution in [3.8, 4) is 5.75 Å². The number of aromatic nitrogens is 5. The fourth-order valence-corrected chi connectivity index (χ4v) is 4.75.